The number of pyridine rings is 1. The smallest absolute Gasteiger partial charge is 0.0730 e. The molecule has 0 aliphatic carbocycles. The first-order valence-electron chi connectivity index (χ1n) is 9.76. The van der Waals surface area contributed by atoms with E-state index in [0.717, 1.165) is 52.8 Å². The minimum atomic E-state index is 0.610. The molecule has 0 radical (unpaired) electrons. The lowest BCUT2D eigenvalue weighted by Crippen LogP contribution is -2.27. The van der Waals surface area contributed by atoms with Gasteiger partial charge in [0.25, 0.3) is 0 Å². The van der Waals surface area contributed by atoms with Gasteiger partial charge in [0.1, 0.15) is 0 Å². The fourth-order valence-electron chi connectivity index (χ4n) is 3.58. The van der Waals surface area contributed by atoms with Gasteiger partial charge in [-0.3, -0.25) is 4.90 Å². The highest BCUT2D eigenvalue weighted by atomic mass is 35.5. The molecule has 3 nitrogen and oxygen atoms in total. The van der Waals surface area contributed by atoms with Crippen molar-refractivity contribution >= 4 is 56.4 Å². The highest BCUT2D eigenvalue weighted by Crippen LogP contribution is 2.33. The number of nitrogens with one attached hydrogen (secondary N) is 1. The Kier molecular flexibility index (Phi) is 6.50. The number of alkyl halides is 2. The van der Waals surface area contributed by atoms with Gasteiger partial charge in [-0.05, 0) is 29.8 Å². The van der Waals surface area contributed by atoms with Crippen LogP contribution < -0.4 is 5.32 Å². The van der Waals surface area contributed by atoms with E-state index in [0.29, 0.717) is 11.8 Å². The summed E-state index contributed by atoms with van der Waals surface area (Å²) in [5.74, 6) is 1.22. The van der Waals surface area contributed by atoms with E-state index < -0.39 is 0 Å². The lowest BCUT2D eigenvalue weighted by atomic mass is 10.1. The summed E-state index contributed by atoms with van der Waals surface area (Å²) in [7, 11) is 0. The number of benzene rings is 3. The molecule has 4 rings (SSSR count). The highest BCUT2D eigenvalue weighted by molar-refractivity contribution is 6.18. The van der Waals surface area contributed by atoms with Crippen molar-refractivity contribution in [3.63, 3.8) is 0 Å². The molecular formula is C24H23Cl2N3. The minimum absolute atomic E-state index is 0.610. The monoisotopic (exact) mass is 423 g/mol. The van der Waals surface area contributed by atoms with Crippen LogP contribution in [-0.4, -0.2) is 34.7 Å². The van der Waals surface area contributed by atoms with Gasteiger partial charge in [0, 0.05) is 47.9 Å². The van der Waals surface area contributed by atoms with Gasteiger partial charge < -0.3 is 5.32 Å². The summed E-state index contributed by atoms with van der Waals surface area (Å²) in [6.45, 7) is 2.52. The lowest BCUT2D eigenvalue weighted by Gasteiger charge is -2.20. The fourth-order valence-corrected chi connectivity index (χ4v) is 4.06. The summed E-state index contributed by atoms with van der Waals surface area (Å²) in [6.07, 6.45) is 0. The van der Waals surface area contributed by atoms with Crippen LogP contribution in [0.15, 0.2) is 72.8 Å². The normalized spacial score (nSPS) is 11.4. The van der Waals surface area contributed by atoms with Gasteiger partial charge in [-0.15, -0.1) is 23.2 Å². The Morgan fingerprint density at radius 2 is 1.28 bits per heavy atom. The van der Waals surface area contributed by atoms with Crippen LogP contribution in [0.3, 0.4) is 0 Å². The average Bonchev–Trinajstić information content (AvgIpc) is 2.75. The Morgan fingerprint density at radius 3 is 1.83 bits per heavy atom. The molecule has 0 bridgehead atoms. The van der Waals surface area contributed by atoms with Gasteiger partial charge >= 0.3 is 0 Å². The summed E-state index contributed by atoms with van der Waals surface area (Å²) < 4.78 is 0. The number of anilines is 2. The highest BCUT2D eigenvalue weighted by Gasteiger charge is 2.09. The van der Waals surface area contributed by atoms with Crippen LogP contribution in [0.4, 0.5) is 11.4 Å². The number of para-hydroxylation sites is 2. The van der Waals surface area contributed by atoms with E-state index in [4.69, 9.17) is 28.2 Å². The fraction of sp³-hybridized carbons (Fsp3) is 0.208. The van der Waals surface area contributed by atoms with Crippen molar-refractivity contribution in [1.29, 1.82) is 0 Å². The van der Waals surface area contributed by atoms with Crippen LogP contribution >= 0.6 is 23.2 Å². The Labute approximate surface area is 181 Å². The number of halogens is 2. The second-order valence-corrected chi connectivity index (χ2v) is 7.75. The maximum atomic E-state index is 5.91. The van der Waals surface area contributed by atoms with E-state index in [2.05, 4.69) is 70.9 Å². The molecule has 4 aromatic rings. The van der Waals surface area contributed by atoms with Crippen LogP contribution in [0.2, 0.25) is 0 Å². The van der Waals surface area contributed by atoms with Crippen LogP contribution in [-0.2, 0) is 6.54 Å². The first kappa shape index (κ1) is 20.0. The van der Waals surface area contributed by atoms with Crippen LogP contribution in [0.25, 0.3) is 21.8 Å². The van der Waals surface area contributed by atoms with Crippen molar-refractivity contribution in [2.24, 2.45) is 0 Å². The number of fused-ring (bicyclic) bond motifs is 2. The molecular weight excluding hydrogens is 401 g/mol. The van der Waals surface area contributed by atoms with Crippen molar-refractivity contribution < 1.29 is 0 Å². The second-order valence-electron chi connectivity index (χ2n) is 7.00. The Hall–Kier alpha value is -2.33. The molecule has 5 heteroatoms. The van der Waals surface area contributed by atoms with Gasteiger partial charge in [0.15, 0.2) is 0 Å². The topological polar surface area (TPSA) is 28.2 Å². The Balaban J connectivity index is 1.63. The number of aromatic nitrogens is 1. The van der Waals surface area contributed by atoms with Crippen molar-refractivity contribution in [2.45, 2.75) is 6.54 Å². The predicted molar refractivity (Wildman–Crippen MR) is 126 cm³/mol. The van der Waals surface area contributed by atoms with Crippen molar-refractivity contribution in [3.05, 3.63) is 78.4 Å². The van der Waals surface area contributed by atoms with E-state index in [1.807, 2.05) is 12.1 Å². The number of nitrogens with zero attached hydrogens (tertiary/aromatic N) is 2. The van der Waals surface area contributed by atoms with Crippen molar-refractivity contribution in [1.82, 2.24) is 9.88 Å². The van der Waals surface area contributed by atoms with E-state index in [9.17, 15) is 0 Å². The zero-order chi connectivity index (χ0) is 20.1. The van der Waals surface area contributed by atoms with Gasteiger partial charge in [0.2, 0.25) is 0 Å². The molecule has 0 fully saturated rings. The molecule has 3 aromatic carbocycles. The predicted octanol–water partition coefficient (Wildman–Crippen LogP) is 6.41. The quantitative estimate of drug-likeness (QED) is 0.262. The number of hydrogen-bond acceptors (Lipinski definition) is 3. The molecule has 148 valence electrons. The Bertz CT molecular complexity index is 1040. The zero-order valence-corrected chi connectivity index (χ0v) is 17.6. The molecule has 0 saturated heterocycles. The first-order valence-corrected chi connectivity index (χ1v) is 10.8. The van der Waals surface area contributed by atoms with Gasteiger partial charge in [-0.1, -0.05) is 48.5 Å². The maximum Gasteiger partial charge on any atom is 0.0730 e. The number of hydrogen-bond donors (Lipinski definition) is 1. The maximum absolute atomic E-state index is 5.91. The molecule has 0 atom stereocenters. The molecule has 0 unspecified atom stereocenters. The third-order valence-corrected chi connectivity index (χ3v) is 5.36. The van der Waals surface area contributed by atoms with Crippen LogP contribution in [0.1, 0.15) is 5.56 Å². The van der Waals surface area contributed by atoms with Gasteiger partial charge in [-0.25, -0.2) is 4.98 Å². The molecule has 0 amide bonds. The van der Waals surface area contributed by atoms with Crippen molar-refractivity contribution in [2.75, 3.05) is 30.2 Å². The standard InChI is InChI=1S/C24H23Cl2N3/c25-13-15-29(16-14-26)17-18-9-11-19(12-10-18)27-24-20-5-1-3-7-22(20)28-23-8-4-2-6-21(23)24/h1-12H,13-17H2,(H,27,28). The average molecular weight is 424 g/mol. The second kappa shape index (κ2) is 9.45. The summed E-state index contributed by atoms with van der Waals surface area (Å²) in [4.78, 5) is 7.06. The van der Waals surface area contributed by atoms with Crippen LogP contribution in [0, 0.1) is 0 Å². The molecule has 0 aliphatic rings. The third-order valence-electron chi connectivity index (χ3n) is 5.02. The molecule has 1 N–H and O–H groups in total. The van der Waals surface area contributed by atoms with Gasteiger partial charge in [0.05, 0.1) is 16.7 Å². The molecule has 1 heterocycles. The minimum Gasteiger partial charge on any atom is -0.354 e. The molecule has 0 aliphatic heterocycles. The molecule has 0 spiro atoms. The van der Waals surface area contributed by atoms with Crippen LogP contribution in [0.5, 0.6) is 0 Å². The summed E-state index contributed by atoms with van der Waals surface area (Å²) in [5, 5.41) is 5.86. The summed E-state index contributed by atoms with van der Waals surface area (Å²) >= 11 is 11.8. The largest absolute Gasteiger partial charge is 0.354 e. The van der Waals surface area contributed by atoms with E-state index in [1.54, 1.807) is 0 Å². The zero-order valence-electron chi connectivity index (χ0n) is 16.1. The number of rotatable bonds is 8. The summed E-state index contributed by atoms with van der Waals surface area (Å²) in [5.41, 5.74) is 5.36. The Morgan fingerprint density at radius 1 is 0.724 bits per heavy atom. The molecule has 1 aromatic heterocycles. The van der Waals surface area contributed by atoms with Gasteiger partial charge in [-0.2, -0.15) is 0 Å². The van der Waals surface area contributed by atoms with E-state index in [1.165, 1.54) is 5.56 Å². The summed E-state index contributed by atoms with van der Waals surface area (Å²) in [6, 6.07) is 25.0. The van der Waals surface area contributed by atoms with E-state index >= 15 is 0 Å². The first-order chi connectivity index (χ1) is 14.3. The molecule has 0 saturated carbocycles. The third kappa shape index (κ3) is 4.64. The lowest BCUT2D eigenvalue weighted by molar-refractivity contribution is 0.299. The van der Waals surface area contributed by atoms with Crippen molar-refractivity contribution in [3.8, 4) is 0 Å². The SMILES string of the molecule is ClCCN(CCCl)Cc1ccc(Nc2c3ccccc3nc3ccccc23)cc1. The van der Waals surface area contributed by atoms with E-state index in [-0.39, 0.29) is 0 Å². The molecule has 29 heavy (non-hydrogen) atoms.